The predicted molar refractivity (Wildman–Crippen MR) is 129 cm³/mol. The molecule has 4 rings (SSSR count). The van der Waals surface area contributed by atoms with Crippen molar-refractivity contribution < 1.29 is 28.9 Å². The van der Waals surface area contributed by atoms with Gasteiger partial charge in [0.1, 0.15) is 11.5 Å². The molecule has 8 nitrogen and oxygen atoms in total. The fourth-order valence-electron chi connectivity index (χ4n) is 4.36. The number of pyridine rings is 1. The number of benzene rings is 2. The van der Waals surface area contributed by atoms with E-state index in [4.69, 9.17) is 14.2 Å². The number of aryl methyl sites for hydroxylation is 1. The number of hydrogen-bond acceptors (Lipinski definition) is 7. The van der Waals surface area contributed by atoms with Gasteiger partial charge in [-0.2, -0.15) is 0 Å². The molecule has 180 valence electrons. The van der Waals surface area contributed by atoms with E-state index in [1.807, 2.05) is 13.0 Å². The molecule has 0 bridgehead atoms. The molecule has 1 saturated heterocycles. The Morgan fingerprint density at radius 1 is 1.00 bits per heavy atom. The van der Waals surface area contributed by atoms with Crippen molar-refractivity contribution in [1.82, 2.24) is 9.88 Å². The Labute approximate surface area is 203 Å². The summed E-state index contributed by atoms with van der Waals surface area (Å²) in [5.41, 5.74) is 2.39. The van der Waals surface area contributed by atoms with Crippen LogP contribution in [0.5, 0.6) is 17.2 Å². The van der Waals surface area contributed by atoms with Gasteiger partial charge in [0.05, 0.1) is 32.9 Å². The van der Waals surface area contributed by atoms with Gasteiger partial charge >= 0.3 is 0 Å². The van der Waals surface area contributed by atoms with Crippen LogP contribution in [0.2, 0.25) is 0 Å². The topological polar surface area (TPSA) is 98.2 Å². The smallest absolute Gasteiger partial charge is 0.295 e. The normalized spacial score (nSPS) is 16.9. The van der Waals surface area contributed by atoms with E-state index in [1.54, 1.807) is 62.0 Å². The minimum Gasteiger partial charge on any atom is -0.507 e. The standard InChI is InChI=1S/C27H26N2O6/c1-16-13-18(10-11-20(16)33-2)24(30)22-23(19-8-5-9-21(34-3)26(19)35-4)29(27(32)25(22)31)15-17-7-6-12-28-14-17/h5-14,23,30H,15H2,1-4H3/t23-/m1/s1. The van der Waals surface area contributed by atoms with Crippen LogP contribution in [0.25, 0.3) is 5.76 Å². The molecule has 0 spiro atoms. The van der Waals surface area contributed by atoms with E-state index in [9.17, 15) is 14.7 Å². The molecule has 2 heterocycles. The fourth-order valence-corrected chi connectivity index (χ4v) is 4.36. The third-order valence-electron chi connectivity index (χ3n) is 6.01. The Balaban J connectivity index is 1.94. The van der Waals surface area contributed by atoms with Gasteiger partial charge in [-0.1, -0.05) is 18.2 Å². The van der Waals surface area contributed by atoms with Crippen LogP contribution >= 0.6 is 0 Å². The first-order valence-corrected chi connectivity index (χ1v) is 10.9. The van der Waals surface area contributed by atoms with Gasteiger partial charge < -0.3 is 24.2 Å². The summed E-state index contributed by atoms with van der Waals surface area (Å²) in [6.07, 6.45) is 3.26. The summed E-state index contributed by atoms with van der Waals surface area (Å²) in [6.45, 7) is 1.95. The first-order chi connectivity index (χ1) is 16.9. The zero-order chi connectivity index (χ0) is 25.1. The molecule has 1 amide bonds. The molecule has 3 aromatic rings. The van der Waals surface area contributed by atoms with Gasteiger partial charge in [0.2, 0.25) is 0 Å². The second-order valence-corrected chi connectivity index (χ2v) is 8.06. The van der Waals surface area contributed by atoms with Gasteiger partial charge in [0, 0.05) is 30.1 Å². The van der Waals surface area contributed by atoms with Gasteiger partial charge in [-0.25, -0.2) is 0 Å². The van der Waals surface area contributed by atoms with Crippen molar-refractivity contribution in [3.63, 3.8) is 0 Å². The number of amides is 1. The SMILES string of the molecule is COc1ccc(C(O)=C2C(=O)C(=O)N(Cc3cccnc3)[C@@H]2c2cccc(OC)c2OC)cc1C. The number of ketones is 1. The molecule has 0 unspecified atom stereocenters. The fraction of sp³-hybridized carbons (Fsp3) is 0.222. The van der Waals surface area contributed by atoms with Crippen molar-refractivity contribution in [2.45, 2.75) is 19.5 Å². The summed E-state index contributed by atoms with van der Waals surface area (Å²) in [6, 6.07) is 13.0. The first kappa shape index (κ1) is 23.8. The van der Waals surface area contributed by atoms with E-state index in [0.717, 1.165) is 11.1 Å². The molecule has 1 aliphatic heterocycles. The summed E-state index contributed by atoms with van der Waals surface area (Å²) in [4.78, 5) is 32.2. The van der Waals surface area contributed by atoms with E-state index >= 15 is 0 Å². The molecular weight excluding hydrogens is 448 g/mol. The number of nitrogens with zero attached hydrogens (tertiary/aromatic N) is 2. The Kier molecular flexibility index (Phi) is 6.73. The Hall–Kier alpha value is -4.33. The highest BCUT2D eigenvalue weighted by molar-refractivity contribution is 6.46. The van der Waals surface area contributed by atoms with Gasteiger partial charge in [-0.15, -0.1) is 0 Å². The van der Waals surface area contributed by atoms with Crippen molar-refractivity contribution in [1.29, 1.82) is 0 Å². The number of carbonyl (C=O) groups excluding carboxylic acids is 2. The lowest BCUT2D eigenvalue weighted by Gasteiger charge is -2.27. The number of likely N-dealkylation sites (tertiary alicyclic amines) is 1. The Morgan fingerprint density at radius 2 is 1.77 bits per heavy atom. The zero-order valence-electron chi connectivity index (χ0n) is 19.9. The van der Waals surface area contributed by atoms with E-state index in [-0.39, 0.29) is 17.9 Å². The summed E-state index contributed by atoms with van der Waals surface area (Å²) >= 11 is 0. The molecule has 1 aliphatic rings. The molecule has 1 aromatic heterocycles. The number of ether oxygens (including phenoxy) is 3. The minimum atomic E-state index is -0.914. The van der Waals surface area contributed by atoms with Crippen molar-refractivity contribution in [3.8, 4) is 17.2 Å². The van der Waals surface area contributed by atoms with Crippen LogP contribution in [-0.4, -0.2) is 48.0 Å². The van der Waals surface area contributed by atoms with E-state index in [2.05, 4.69) is 4.98 Å². The molecule has 35 heavy (non-hydrogen) atoms. The van der Waals surface area contributed by atoms with Crippen molar-refractivity contribution in [2.24, 2.45) is 0 Å². The van der Waals surface area contributed by atoms with Crippen LogP contribution in [0.4, 0.5) is 0 Å². The second kappa shape index (κ2) is 9.89. The minimum absolute atomic E-state index is 0.0324. The highest BCUT2D eigenvalue weighted by Gasteiger charge is 2.47. The Bertz CT molecular complexity index is 1300. The van der Waals surface area contributed by atoms with Gasteiger partial charge in [-0.3, -0.25) is 14.6 Å². The number of aliphatic hydroxyl groups is 1. The average molecular weight is 475 g/mol. The monoisotopic (exact) mass is 474 g/mol. The van der Waals surface area contributed by atoms with Gasteiger partial charge in [0.15, 0.2) is 11.5 Å². The largest absolute Gasteiger partial charge is 0.507 e. The maximum Gasteiger partial charge on any atom is 0.295 e. The summed E-state index contributed by atoms with van der Waals surface area (Å²) < 4.78 is 16.4. The van der Waals surface area contributed by atoms with Crippen LogP contribution in [0.15, 0.2) is 66.5 Å². The zero-order valence-corrected chi connectivity index (χ0v) is 19.9. The summed E-state index contributed by atoms with van der Waals surface area (Å²) in [5, 5.41) is 11.4. The molecular formula is C27H26N2O6. The third kappa shape index (κ3) is 4.30. The quantitative estimate of drug-likeness (QED) is 0.314. The highest BCUT2D eigenvalue weighted by atomic mass is 16.5. The van der Waals surface area contributed by atoms with Crippen LogP contribution in [0.3, 0.4) is 0 Å². The van der Waals surface area contributed by atoms with Gasteiger partial charge in [0.25, 0.3) is 11.7 Å². The van der Waals surface area contributed by atoms with Crippen molar-refractivity contribution in [3.05, 3.63) is 88.8 Å². The molecule has 1 N–H and O–H groups in total. The highest BCUT2D eigenvalue weighted by Crippen LogP contribution is 2.46. The number of Topliss-reactive ketones (excluding diaryl/α,β-unsaturated/α-hetero) is 1. The van der Waals surface area contributed by atoms with Crippen LogP contribution in [0.1, 0.15) is 28.3 Å². The molecule has 8 heteroatoms. The van der Waals surface area contributed by atoms with Crippen molar-refractivity contribution >= 4 is 17.4 Å². The van der Waals surface area contributed by atoms with Crippen LogP contribution in [-0.2, 0) is 16.1 Å². The van der Waals surface area contributed by atoms with E-state index in [1.165, 1.54) is 19.1 Å². The molecule has 0 radical (unpaired) electrons. The number of para-hydroxylation sites is 1. The van der Waals surface area contributed by atoms with Crippen LogP contribution < -0.4 is 14.2 Å². The van der Waals surface area contributed by atoms with E-state index < -0.39 is 17.7 Å². The first-order valence-electron chi connectivity index (χ1n) is 10.9. The maximum absolute atomic E-state index is 13.3. The molecule has 2 aromatic carbocycles. The number of aliphatic hydroxyl groups excluding tert-OH is 1. The number of carbonyl (C=O) groups is 2. The second-order valence-electron chi connectivity index (χ2n) is 8.06. The van der Waals surface area contributed by atoms with Crippen LogP contribution in [0, 0.1) is 6.92 Å². The average Bonchev–Trinajstić information content (AvgIpc) is 3.12. The summed E-state index contributed by atoms with van der Waals surface area (Å²) in [7, 11) is 4.55. The van der Waals surface area contributed by atoms with Gasteiger partial charge in [-0.05, 0) is 48.4 Å². The summed E-state index contributed by atoms with van der Waals surface area (Å²) in [5.74, 6) is -0.334. The molecule has 1 fully saturated rings. The number of aromatic nitrogens is 1. The number of rotatable bonds is 7. The van der Waals surface area contributed by atoms with Crippen molar-refractivity contribution in [2.75, 3.05) is 21.3 Å². The Morgan fingerprint density at radius 3 is 2.40 bits per heavy atom. The molecule has 0 aliphatic carbocycles. The lowest BCUT2D eigenvalue weighted by molar-refractivity contribution is -0.140. The number of methoxy groups -OCH3 is 3. The van der Waals surface area contributed by atoms with E-state index in [0.29, 0.717) is 28.4 Å². The number of hydrogen-bond donors (Lipinski definition) is 1. The third-order valence-corrected chi connectivity index (χ3v) is 6.01. The maximum atomic E-state index is 13.3. The molecule has 1 atom stereocenters. The molecule has 0 saturated carbocycles. The lowest BCUT2D eigenvalue weighted by Crippen LogP contribution is -2.29. The predicted octanol–water partition coefficient (Wildman–Crippen LogP) is 4.04. The lowest BCUT2D eigenvalue weighted by atomic mass is 9.93.